The van der Waals surface area contributed by atoms with Gasteiger partial charge >= 0.3 is 0 Å². The highest BCUT2D eigenvalue weighted by molar-refractivity contribution is 7.38. The maximum atomic E-state index is 2.29. The molecule has 0 spiro atoms. The van der Waals surface area contributed by atoms with Crippen LogP contribution in [-0.4, -0.2) is 12.3 Å². The molecule has 2 atom stereocenters. The van der Waals surface area contributed by atoms with Crippen LogP contribution in [0, 0.1) is 5.92 Å². The fourth-order valence-electron chi connectivity index (χ4n) is 1.45. The van der Waals surface area contributed by atoms with Gasteiger partial charge in [-0.2, -0.15) is 0 Å². The summed E-state index contributed by atoms with van der Waals surface area (Å²) in [6, 6.07) is 0. The third-order valence-corrected chi connectivity index (χ3v) is 3.64. The molecular formula is C8H17P. The average molecular weight is 144 g/mol. The number of unbranched alkanes of at least 4 members (excludes halogenated alkanes) is 1. The smallest absolute Gasteiger partial charge is 0.0325 e. The van der Waals surface area contributed by atoms with E-state index in [1.807, 2.05) is 0 Å². The molecule has 0 radical (unpaired) electrons. The van der Waals surface area contributed by atoms with Crippen LogP contribution in [0.1, 0.15) is 32.6 Å². The van der Waals surface area contributed by atoms with Gasteiger partial charge in [0.05, 0.1) is 0 Å². The minimum atomic E-state index is 1.13. The van der Waals surface area contributed by atoms with Crippen LogP contribution in [0.2, 0.25) is 0 Å². The van der Waals surface area contributed by atoms with Crippen molar-refractivity contribution in [3.63, 3.8) is 0 Å². The molecule has 1 aliphatic heterocycles. The number of hydrogen-bond acceptors (Lipinski definition) is 0. The van der Waals surface area contributed by atoms with E-state index in [-0.39, 0.29) is 0 Å². The predicted octanol–water partition coefficient (Wildman–Crippen LogP) is 2.88. The van der Waals surface area contributed by atoms with Crippen LogP contribution in [0.4, 0.5) is 0 Å². The monoisotopic (exact) mass is 144 g/mol. The van der Waals surface area contributed by atoms with E-state index in [2.05, 4.69) is 6.92 Å². The van der Waals surface area contributed by atoms with E-state index in [1.54, 1.807) is 12.6 Å². The Kier molecular flexibility index (Phi) is 3.58. The van der Waals surface area contributed by atoms with E-state index in [9.17, 15) is 0 Å². The number of hydrogen-bond donors (Lipinski definition) is 0. The van der Waals surface area contributed by atoms with Crippen LogP contribution < -0.4 is 0 Å². The van der Waals surface area contributed by atoms with Gasteiger partial charge in [-0.1, -0.05) is 26.2 Å². The van der Waals surface area contributed by atoms with Crippen LogP contribution in [0.15, 0.2) is 0 Å². The molecule has 0 N–H and O–H groups in total. The zero-order valence-electron chi connectivity index (χ0n) is 6.32. The van der Waals surface area contributed by atoms with Crippen molar-refractivity contribution in [2.75, 3.05) is 12.3 Å². The molecule has 0 bridgehead atoms. The average Bonchev–Trinajstić information content (AvgIpc) is 2.34. The molecule has 1 aliphatic rings. The Hall–Kier alpha value is 0.430. The van der Waals surface area contributed by atoms with E-state index in [1.165, 1.54) is 34.0 Å². The summed E-state index contributed by atoms with van der Waals surface area (Å²) in [5.74, 6) is 1.13. The molecule has 0 aliphatic carbocycles. The third kappa shape index (κ3) is 2.67. The lowest BCUT2D eigenvalue weighted by Crippen LogP contribution is -1.95. The maximum Gasteiger partial charge on any atom is -0.0325 e. The Labute approximate surface area is 60.2 Å². The third-order valence-electron chi connectivity index (χ3n) is 2.13. The van der Waals surface area contributed by atoms with Crippen molar-refractivity contribution in [3.05, 3.63) is 0 Å². The molecule has 1 rings (SSSR count). The Morgan fingerprint density at radius 1 is 1.56 bits per heavy atom. The van der Waals surface area contributed by atoms with Gasteiger partial charge in [-0.25, -0.2) is 0 Å². The second-order valence-electron chi connectivity index (χ2n) is 3.00. The van der Waals surface area contributed by atoms with E-state index >= 15 is 0 Å². The molecule has 9 heavy (non-hydrogen) atoms. The van der Waals surface area contributed by atoms with Gasteiger partial charge in [0.15, 0.2) is 0 Å². The molecule has 0 aromatic rings. The second-order valence-corrected chi connectivity index (χ2v) is 4.41. The van der Waals surface area contributed by atoms with Crippen molar-refractivity contribution in [3.8, 4) is 0 Å². The van der Waals surface area contributed by atoms with Crippen molar-refractivity contribution >= 4 is 8.58 Å². The van der Waals surface area contributed by atoms with Gasteiger partial charge < -0.3 is 0 Å². The zero-order valence-corrected chi connectivity index (χ0v) is 7.32. The van der Waals surface area contributed by atoms with Crippen molar-refractivity contribution in [1.29, 1.82) is 0 Å². The summed E-state index contributed by atoms with van der Waals surface area (Å²) in [6.07, 6.45) is 9.01. The molecule has 54 valence electrons. The first-order valence-corrected chi connectivity index (χ1v) is 5.55. The van der Waals surface area contributed by atoms with Crippen molar-refractivity contribution in [1.82, 2.24) is 0 Å². The molecule has 1 heterocycles. The van der Waals surface area contributed by atoms with E-state index < -0.39 is 0 Å². The quantitative estimate of drug-likeness (QED) is 0.534. The Morgan fingerprint density at radius 2 is 2.44 bits per heavy atom. The van der Waals surface area contributed by atoms with Crippen LogP contribution in [0.3, 0.4) is 0 Å². The molecule has 1 fully saturated rings. The molecule has 0 aromatic carbocycles. The van der Waals surface area contributed by atoms with Crippen LogP contribution in [-0.2, 0) is 0 Å². The second kappa shape index (κ2) is 4.28. The first kappa shape index (κ1) is 7.54. The lowest BCUT2D eigenvalue weighted by Gasteiger charge is -2.04. The molecule has 0 aromatic heterocycles. The highest BCUT2D eigenvalue weighted by atomic mass is 31.1. The summed E-state index contributed by atoms with van der Waals surface area (Å²) >= 11 is 0. The van der Waals surface area contributed by atoms with E-state index in [4.69, 9.17) is 0 Å². The van der Waals surface area contributed by atoms with Crippen molar-refractivity contribution in [2.45, 2.75) is 32.6 Å². The molecule has 0 saturated carbocycles. The lowest BCUT2D eigenvalue weighted by atomic mass is 10.0. The summed E-state index contributed by atoms with van der Waals surface area (Å²) in [4.78, 5) is 0. The van der Waals surface area contributed by atoms with Gasteiger partial charge in [-0.3, -0.25) is 0 Å². The summed E-state index contributed by atoms with van der Waals surface area (Å²) in [5.41, 5.74) is 0. The fraction of sp³-hybridized carbons (Fsp3) is 1.00. The van der Waals surface area contributed by atoms with Crippen LogP contribution in [0.25, 0.3) is 0 Å². The summed E-state index contributed by atoms with van der Waals surface area (Å²) in [7, 11) is 1.30. The maximum absolute atomic E-state index is 2.29. The van der Waals surface area contributed by atoms with Crippen LogP contribution in [0.5, 0.6) is 0 Å². The molecule has 2 unspecified atom stereocenters. The molecule has 1 saturated heterocycles. The summed E-state index contributed by atoms with van der Waals surface area (Å²) in [5, 5.41) is 0. The van der Waals surface area contributed by atoms with E-state index in [0.717, 1.165) is 5.92 Å². The summed E-state index contributed by atoms with van der Waals surface area (Å²) in [6.45, 7) is 2.29. The minimum Gasteiger partial charge on any atom is -0.122 e. The van der Waals surface area contributed by atoms with Crippen molar-refractivity contribution in [2.24, 2.45) is 5.92 Å². The molecule has 1 heteroatoms. The zero-order chi connectivity index (χ0) is 6.53. The highest BCUT2D eigenvalue weighted by Crippen LogP contribution is 2.31. The predicted molar refractivity (Wildman–Crippen MR) is 45.7 cm³/mol. The Balaban J connectivity index is 1.98. The molecule has 0 nitrogen and oxygen atoms in total. The topological polar surface area (TPSA) is 0 Å². The highest BCUT2D eigenvalue weighted by Gasteiger charge is 2.12. The fourth-order valence-corrected chi connectivity index (χ4v) is 3.09. The van der Waals surface area contributed by atoms with Gasteiger partial charge in [0.2, 0.25) is 0 Å². The van der Waals surface area contributed by atoms with Gasteiger partial charge in [-0.15, -0.1) is 8.58 Å². The Morgan fingerprint density at radius 3 is 3.00 bits per heavy atom. The minimum absolute atomic E-state index is 1.13. The molecular weight excluding hydrogens is 127 g/mol. The van der Waals surface area contributed by atoms with Gasteiger partial charge in [-0.05, 0) is 24.7 Å². The van der Waals surface area contributed by atoms with Crippen LogP contribution >= 0.6 is 8.58 Å². The lowest BCUT2D eigenvalue weighted by molar-refractivity contribution is 0.517. The standard InChI is InChI=1S/C8H17P/c1-2-3-4-8-5-6-9-7-8/h8-9H,2-7H2,1H3. The first-order chi connectivity index (χ1) is 4.43. The van der Waals surface area contributed by atoms with E-state index in [0.29, 0.717) is 0 Å². The normalized spacial score (nSPS) is 29.7. The first-order valence-electron chi connectivity index (χ1n) is 4.14. The number of rotatable bonds is 3. The SMILES string of the molecule is CCCCC1CCPC1. The van der Waals surface area contributed by atoms with Gasteiger partial charge in [0, 0.05) is 0 Å². The van der Waals surface area contributed by atoms with Gasteiger partial charge in [0.1, 0.15) is 0 Å². The molecule has 0 amide bonds. The van der Waals surface area contributed by atoms with Gasteiger partial charge in [0.25, 0.3) is 0 Å². The largest absolute Gasteiger partial charge is 0.122 e. The van der Waals surface area contributed by atoms with Crippen molar-refractivity contribution < 1.29 is 0 Å². The Bertz CT molecular complexity index is 65.0. The summed E-state index contributed by atoms with van der Waals surface area (Å²) < 4.78 is 0.